The topological polar surface area (TPSA) is 38.9 Å². The van der Waals surface area contributed by atoms with Crippen molar-refractivity contribution in [3.05, 3.63) is 59.2 Å². The van der Waals surface area contributed by atoms with Crippen LogP contribution in [-0.2, 0) is 0 Å². The number of hydrogen-bond donors (Lipinski definition) is 0. The Morgan fingerprint density at radius 2 is 1.42 bits per heavy atom. The van der Waals surface area contributed by atoms with Gasteiger partial charge in [0.05, 0.1) is 5.52 Å². The van der Waals surface area contributed by atoms with Crippen molar-refractivity contribution in [2.45, 2.75) is 39.5 Å². The van der Waals surface area contributed by atoms with E-state index in [0.717, 1.165) is 22.2 Å². The third-order valence-corrected chi connectivity index (χ3v) is 5.05. The molecule has 0 atom stereocenters. The number of fused-ring (bicyclic) bond motifs is 2. The van der Waals surface area contributed by atoms with Gasteiger partial charge in [0.2, 0.25) is 0 Å². The quantitative estimate of drug-likeness (QED) is 0.426. The van der Waals surface area contributed by atoms with Crippen LogP contribution in [0.2, 0.25) is 0 Å². The first-order valence-corrected chi connectivity index (χ1v) is 9.04. The van der Waals surface area contributed by atoms with Gasteiger partial charge in [-0.3, -0.25) is 0 Å². The van der Waals surface area contributed by atoms with Crippen LogP contribution in [0.3, 0.4) is 0 Å². The maximum atomic E-state index is 5.23. The van der Waals surface area contributed by atoms with Gasteiger partial charge in [-0.05, 0) is 35.6 Å². The Kier molecular flexibility index (Phi) is 4.95. The van der Waals surface area contributed by atoms with Crippen molar-refractivity contribution >= 4 is 33.3 Å². The van der Waals surface area contributed by atoms with Gasteiger partial charge in [-0.1, -0.05) is 63.2 Å². The monoisotopic (exact) mass is 338 g/mol. The van der Waals surface area contributed by atoms with E-state index in [9.17, 15) is 0 Å². The van der Waals surface area contributed by atoms with Crippen LogP contribution in [0.4, 0.5) is 0 Å². The van der Waals surface area contributed by atoms with Crippen molar-refractivity contribution in [3.8, 4) is 0 Å². The van der Waals surface area contributed by atoms with Crippen LogP contribution in [0.5, 0.6) is 0 Å². The Hall–Kier alpha value is -2.20. The summed E-state index contributed by atoms with van der Waals surface area (Å²) in [5.41, 5.74) is 2.08. The van der Waals surface area contributed by atoms with Gasteiger partial charge >= 0.3 is 0 Å². The highest BCUT2D eigenvalue weighted by molar-refractivity contribution is 7.07. The molecule has 0 amide bonds. The van der Waals surface area contributed by atoms with E-state index in [0.29, 0.717) is 11.8 Å². The molecule has 0 radical (unpaired) electrons. The fraction of sp³-hybridized carbons (Fsp3) is 0.300. The van der Waals surface area contributed by atoms with Gasteiger partial charge in [-0.25, -0.2) is 0 Å². The fourth-order valence-electron chi connectivity index (χ4n) is 2.65. The van der Waals surface area contributed by atoms with Gasteiger partial charge in [0.15, 0.2) is 0 Å². The molecular weight excluding hydrogens is 316 g/mol. The molecule has 124 valence electrons. The van der Waals surface area contributed by atoms with Crippen LogP contribution in [0, 0.1) is 0 Å². The molecule has 0 fully saturated rings. The molecule has 4 heteroatoms. The molecule has 3 nitrogen and oxygen atoms in total. The molecule has 0 spiro atoms. The zero-order chi connectivity index (χ0) is 17.1. The third-order valence-electron chi connectivity index (χ3n) is 3.87. The Labute approximate surface area is 146 Å². The third kappa shape index (κ3) is 3.34. The minimum absolute atomic E-state index is 0.400. The number of hydrogen-bond acceptors (Lipinski definition) is 4. The van der Waals surface area contributed by atoms with Crippen LogP contribution in [-0.4, -0.2) is 9.53 Å². The van der Waals surface area contributed by atoms with Crippen molar-refractivity contribution in [1.29, 1.82) is 0 Å². The van der Waals surface area contributed by atoms with E-state index >= 15 is 0 Å². The zero-order valence-corrected chi connectivity index (χ0v) is 15.3. The number of aromatic nitrogens is 2. The lowest BCUT2D eigenvalue weighted by atomic mass is 10.1. The molecule has 4 aromatic rings. The maximum absolute atomic E-state index is 5.23. The van der Waals surface area contributed by atoms with Gasteiger partial charge in [0.1, 0.15) is 11.3 Å². The number of rotatable bonds is 2. The molecule has 24 heavy (non-hydrogen) atoms. The van der Waals surface area contributed by atoms with Crippen molar-refractivity contribution in [3.63, 3.8) is 0 Å². The summed E-state index contributed by atoms with van der Waals surface area (Å²) >= 11 is 1.62. The average Bonchev–Trinajstić information content (AvgIpc) is 3.19. The lowest BCUT2D eigenvalue weighted by Gasteiger charge is -1.98. The van der Waals surface area contributed by atoms with Crippen molar-refractivity contribution in [1.82, 2.24) is 9.53 Å². The molecule has 0 aliphatic heterocycles. The summed E-state index contributed by atoms with van der Waals surface area (Å²) in [7, 11) is 0. The predicted molar refractivity (Wildman–Crippen MR) is 102 cm³/mol. The largest absolute Gasteiger partial charge is 0.360 e. The number of benzene rings is 2. The SMILES string of the molecule is CC(C)c1onc2ccccc12.CC(C)c1snc2ccccc12. The van der Waals surface area contributed by atoms with Gasteiger partial charge in [-0.15, -0.1) is 0 Å². The normalized spacial score (nSPS) is 11.2. The molecule has 2 aromatic carbocycles. The van der Waals surface area contributed by atoms with Crippen LogP contribution in [0.15, 0.2) is 53.1 Å². The standard InChI is InChI=1S/C10H11NO.C10H11NS/c2*1-7(2)10-8-5-3-4-6-9(8)11-12-10/h2*3-7H,1-2H3. The van der Waals surface area contributed by atoms with Crippen LogP contribution >= 0.6 is 11.5 Å². The van der Waals surface area contributed by atoms with Gasteiger partial charge in [-0.2, -0.15) is 4.37 Å². The summed E-state index contributed by atoms with van der Waals surface area (Å²) in [5.74, 6) is 1.96. The van der Waals surface area contributed by atoms with Crippen molar-refractivity contribution < 1.29 is 4.52 Å². The molecular formula is C20H22N2OS. The average molecular weight is 338 g/mol. The van der Waals surface area contributed by atoms with Crippen molar-refractivity contribution in [2.75, 3.05) is 0 Å². The summed E-state index contributed by atoms with van der Waals surface area (Å²) in [6.45, 7) is 8.62. The van der Waals surface area contributed by atoms with Gasteiger partial charge in [0.25, 0.3) is 0 Å². The molecule has 2 heterocycles. The van der Waals surface area contributed by atoms with Gasteiger partial charge < -0.3 is 4.52 Å². The molecule has 4 rings (SSSR count). The van der Waals surface area contributed by atoms with E-state index in [-0.39, 0.29) is 0 Å². The summed E-state index contributed by atoms with van der Waals surface area (Å²) in [6.07, 6.45) is 0. The second-order valence-corrected chi connectivity index (χ2v) is 7.24. The second kappa shape index (κ2) is 7.14. The van der Waals surface area contributed by atoms with E-state index in [2.05, 4.69) is 55.4 Å². The van der Waals surface area contributed by atoms with Gasteiger partial charge in [0, 0.05) is 21.6 Å². The van der Waals surface area contributed by atoms with E-state index in [1.807, 2.05) is 30.3 Å². The zero-order valence-electron chi connectivity index (χ0n) is 14.5. The summed E-state index contributed by atoms with van der Waals surface area (Å²) in [5, 5.41) is 6.41. The molecule has 0 aliphatic carbocycles. The van der Waals surface area contributed by atoms with Crippen LogP contribution in [0.1, 0.15) is 50.2 Å². The highest BCUT2D eigenvalue weighted by Gasteiger charge is 2.10. The minimum Gasteiger partial charge on any atom is -0.360 e. The summed E-state index contributed by atoms with van der Waals surface area (Å²) < 4.78 is 9.61. The Morgan fingerprint density at radius 3 is 2.08 bits per heavy atom. The van der Waals surface area contributed by atoms with Crippen LogP contribution < -0.4 is 0 Å². The molecule has 0 unspecified atom stereocenters. The maximum Gasteiger partial charge on any atom is 0.147 e. The second-order valence-electron chi connectivity index (χ2n) is 6.44. The highest BCUT2D eigenvalue weighted by atomic mass is 32.1. The lowest BCUT2D eigenvalue weighted by molar-refractivity contribution is 0.378. The first-order chi connectivity index (χ1) is 11.6. The Balaban J connectivity index is 0.000000141. The van der Waals surface area contributed by atoms with E-state index in [1.165, 1.54) is 10.3 Å². The number of nitrogens with zero attached hydrogens (tertiary/aromatic N) is 2. The first-order valence-electron chi connectivity index (χ1n) is 8.26. The van der Waals surface area contributed by atoms with Crippen LogP contribution in [0.25, 0.3) is 21.8 Å². The molecule has 0 N–H and O–H groups in total. The predicted octanol–water partition coefficient (Wildman–Crippen LogP) is 6.37. The smallest absolute Gasteiger partial charge is 0.147 e. The minimum atomic E-state index is 0.400. The lowest BCUT2D eigenvalue weighted by Crippen LogP contribution is -1.82. The molecule has 0 bridgehead atoms. The Bertz CT molecular complexity index is 859. The van der Waals surface area contributed by atoms with Crippen molar-refractivity contribution in [2.24, 2.45) is 0 Å². The highest BCUT2D eigenvalue weighted by Crippen LogP contribution is 2.28. The van der Waals surface area contributed by atoms with E-state index < -0.39 is 0 Å². The molecule has 0 aliphatic rings. The molecule has 0 saturated heterocycles. The first kappa shape index (κ1) is 16.7. The summed E-state index contributed by atoms with van der Waals surface area (Å²) in [6, 6.07) is 16.3. The fourth-order valence-corrected chi connectivity index (χ4v) is 3.49. The van der Waals surface area contributed by atoms with E-state index in [4.69, 9.17) is 4.52 Å². The Morgan fingerprint density at radius 1 is 0.792 bits per heavy atom. The molecule has 2 aromatic heterocycles. The molecule has 0 saturated carbocycles. The van der Waals surface area contributed by atoms with E-state index in [1.54, 1.807) is 11.5 Å². The summed E-state index contributed by atoms with van der Waals surface area (Å²) in [4.78, 5) is 1.39.